The van der Waals surface area contributed by atoms with Gasteiger partial charge in [0.15, 0.2) is 5.69 Å². The number of aryl methyl sites for hydroxylation is 1. The highest BCUT2D eigenvalue weighted by atomic mass is 32.1. The van der Waals surface area contributed by atoms with Gasteiger partial charge in [0.2, 0.25) is 5.13 Å². The summed E-state index contributed by atoms with van der Waals surface area (Å²) in [7, 11) is 1.61. The molecular weight excluding hydrogens is 302 g/mol. The molecule has 0 saturated heterocycles. The fourth-order valence-corrected chi connectivity index (χ4v) is 2.85. The first-order valence-electron chi connectivity index (χ1n) is 6.49. The second-order valence-corrected chi connectivity index (χ2v) is 5.47. The number of rotatable bonds is 4. The third-order valence-corrected chi connectivity index (χ3v) is 3.93. The van der Waals surface area contributed by atoms with Crippen LogP contribution in [0.25, 0.3) is 16.4 Å². The molecule has 2 heterocycles. The van der Waals surface area contributed by atoms with E-state index in [1.807, 2.05) is 29.6 Å². The Morgan fingerprint density at radius 1 is 1.32 bits per heavy atom. The third-order valence-electron chi connectivity index (χ3n) is 3.11. The number of aromatic carboxylic acids is 1. The van der Waals surface area contributed by atoms with Crippen molar-refractivity contribution in [2.45, 2.75) is 6.92 Å². The highest BCUT2D eigenvalue weighted by Gasteiger charge is 2.16. The molecule has 1 aromatic carbocycles. The summed E-state index contributed by atoms with van der Waals surface area (Å²) < 4.78 is 6.48. The van der Waals surface area contributed by atoms with Crippen LogP contribution in [0, 0.1) is 6.92 Å². The Hall–Kier alpha value is -2.67. The Morgan fingerprint density at radius 3 is 2.68 bits per heavy atom. The van der Waals surface area contributed by atoms with E-state index in [0.717, 1.165) is 17.0 Å². The summed E-state index contributed by atoms with van der Waals surface area (Å²) in [6.45, 7) is 1.75. The van der Waals surface area contributed by atoms with Gasteiger partial charge in [-0.25, -0.2) is 9.78 Å². The van der Waals surface area contributed by atoms with Crippen LogP contribution in [0.15, 0.2) is 35.7 Å². The maximum absolute atomic E-state index is 11.3. The molecule has 22 heavy (non-hydrogen) atoms. The zero-order chi connectivity index (χ0) is 15.7. The fraction of sp³-hybridized carbons (Fsp3) is 0.133. The van der Waals surface area contributed by atoms with E-state index < -0.39 is 5.97 Å². The number of hydrogen-bond acceptors (Lipinski definition) is 5. The van der Waals surface area contributed by atoms with Gasteiger partial charge in [-0.1, -0.05) is 0 Å². The van der Waals surface area contributed by atoms with Gasteiger partial charge in [0, 0.05) is 10.9 Å². The van der Waals surface area contributed by atoms with Gasteiger partial charge in [-0.05, 0) is 37.3 Å². The summed E-state index contributed by atoms with van der Waals surface area (Å²) in [5.41, 5.74) is 2.45. The molecule has 0 aliphatic carbocycles. The number of carbonyl (C=O) groups is 1. The Kier molecular flexibility index (Phi) is 3.64. The summed E-state index contributed by atoms with van der Waals surface area (Å²) in [6, 6.07) is 9.05. The fourth-order valence-electron chi connectivity index (χ4n) is 2.05. The Morgan fingerprint density at radius 2 is 2.05 bits per heavy atom. The van der Waals surface area contributed by atoms with Crippen LogP contribution in [-0.2, 0) is 0 Å². The minimum absolute atomic E-state index is 0.105. The predicted octanol–water partition coefficient (Wildman–Crippen LogP) is 3.01. The lowest BCUT2D eigenvalue weighted by molar-refractivity contribution is 0.0687. The molecule has 1 N–H and O–H groups in total. The molecule has 0 aliphatic rings. The van der Waals surface area contributed by atoms with Crippen LogP contribution in [0.5, 0.6) is 5.75 Å². The molecular formula is C15H13N3O3S. The molecule has 3 aromatic rings. The maximum Gasteiger partial charge on any atom is 0.354 e. The zero-order valence-corrected chi connectivity index (χ0v) is 12.8. The van der Waals surface area contributed by atoms with E-state index in [4.69, 9.17) is 4.74 Å². The van der Waals surface area contributed by atoms with Crippen LogP contribution in [0.2, 0.25) is 0 Å². The van der Waals surface area contributed by atoms with Crippen molar-refractivity contribution in [1.29, 1.82) is 0 Å². The van der Waals surface area contributed by atoms with Crippen molar-refractivity contribution in [1.82, 2.24) is 14.8 Å². The van der Waals surface area contributed by atoms with E-state index in [-0.39, 0.29) is 5.69 Å². The quantitative estimate of drug-likeness (QED) is 0.801. The number of carboxylic acids is 1. The van der Waals surface area contributed by atoms with Crippen molar-refractivity contribution in [3.8, 4) is 22.1 Å². The van der Waals surface area contributed by atoms with Crippen LogP contribution >= 0.6 is 11.3 Å². The van der Waals surface area contributed by atoms with Gasteiger partial charge in [-0.15, -0.1) is 11.3 Å². The average molecular weight is 315 g/mol. The van der Waals surface area contributed by atoms with Gasteiger partial charge in [0.25, 0.3) is 0 Å². The van der Waals surface area contributed by atoms with Crippen LogP contribution in [-0.4, -0.2) is 33.0 Å². The minimum Gasteiger partial charge on any atom is -0.497 e. The molecule has 0 amide bonds. The highest BCUT2D eigenvalue weighted by Crippen LogP contribution is 2.26. The topological polar surface area (TPSA) is 77.2 Å². The van der Waals surface area contributed by atoms with Crippen molar-refractivity contribution in [2.24, 2.45) is 0 Å². The van der Waals surface area contributed by atoms with Crippen molar-refractivity contribution >= 4 is 17.3 Å². The summed E-state index contributed by atoms with van der Waals surface area (Å²) in [4.78, 5) is 15.7. The number of carboxylic acid groups (broad SMARTS) is 1. The maximum atomic E-state index is 11.3. The van der Waals surface area contributed by atoms with Gasteiger partial charge < -0.3 is 9.84 Å². The zero-order valence-electron chi connectivity index (χ0n) is 12.0. The average Bonchev–Trinajstić information content (AvgIpc) is 3.13. The summed E-state index contributed by atoms with van der Waals surface area (Å²) in [5, 5.41) is 15.8. The first-order valence-corrected chi connectivity index (χ1v) is 7.37. The second-order valence-electron chi connectivity index (χ2n) is 4.63. The van der Waals surface area contributed by atoms with Gasteiger partial charge in [-0.3, -0.25) is 0 Å². The van der Waals surface area contributed by atoms with Crippen molar-refractivity contribution in [3.05, 3.63) is 47.1 Å². The normalized spacial score (nSPS) is 10.6. The standard InChI is InChI=1S/C15H13N3O3S/c1-9-7-13(14(19)20)18(17-9)15-16-12(8-22-15)10-3-5-11(21-2)6-4-10/h3-8H,1-2H3,(H,19,20). The molecule has 0 saturated carbocycles. The molecule has 0 radical (unpaired) electrons. The minimum atomic E-state index is -1.03. The van der Waals surface area contributed by atoms with E-state index in [1.165, 1.54) is 22.1 Å². The number of benzene rings is 1. The van der Waals surface area contributed by atoms with Crippen LogP contribution in [0.1, 0.15) is 16.2 Å². The van der Waals surface area contributed by atoms with E-state index in [9.17, 15) is 9.90 Å². The lowest BCUT2D eigenvalue weighted by Crippen LogP contribution is -2.07. The third kappa shape index (κ3) is 2.58. The monoisotopic (exact) mass is 315 g/mol. The molecule has 3 rings (SSSR count). The second kappa shape index (κ2) is 5.61. The van der Waals surface area contributed by atoms with Gasteiger partial charge in [0.05, 0.1) is 18.5 Å². The molecule has 0 fully saturated rings. The number of ether oxygens (including phenoxy) is 1. The molecule has 0 bridgehead atoms. The van der Waals surface area contributed by atoms with E-state index in [2.05, 4.69) is 10.1 Å². The van der Waals surface area contributed by atoms with E-state index in [0.29, 0.717) is 10.8 Å². The van der Waals surface area contributed by atoms with Crippen LogP contribution < -0.4 is 4.74 Å². The number of aromatic nitrogens is 3. The van der Waals surface area contributed by atoms with E-state index >= 15 is 0 Å². The molecule has 2 aromatic heterocycles. The van der Waals surface area contributed by atoms with Gasteiger partial charge >= 0.3 is 5.97 Å². The summed E-state index contributed by atoms with van der Waals surface area (Å²) >= 11 is 1.35. The SMILES string of the molecule is COc1ccc(-c2csc(-n3nc(C)cc3C(=O)O)n2)cc1. The first kappa shape index (κ1) is 14.3. The van der Waals surface area contributed by atoms with Crippen molar-refractivity contribution in [2.75, 3.05) is 7.11 Å². The largest absolute Gasteiger partial charge is 0.497 e. The number of methoxy groups -OCH3 is 1. The number of hydrogen-bond donors (Lipinski definition) is 1. The smallest absolute Gasteiger partial charge is 0.354 e. The van der Waals surface area contributed by atoms with Crippen LogP contribution in [0.4, 0.5) is 0 Å². The van der Waals surface area contributed by atoms with Crippen molar-refractivity contribution < 1.29 is 14.6 Å². The molecule has 7 heteroatoms. The van der Waals surface area contributed by atoms with Crippen LogP contribution in [0.3, 0.4) is 0 Å². The van der Waals surface area contributed by atoms with Crippen molar-refractivity contribution in [3.63, 3.8) is 0 Å². The first-order chi connectivity index (χ1) is 10.6. The van der Waals surface area contributed by atoms with E-state index in [1.54, 1.807) is 14.0 Å². The molecule has 112 valence electrons. The number of thiazole rings is 1. The lowest BCUT2D eigenvalue weighted by Gasteiger charge is -2.01. The number of nitrogens with zero attached hydrogens (tertiary/aromatic N) is 3. The van der Waals surface area contributed by atoms with Gasteiger partial charge in [-0.2, -0.15) is 9.78 Å². The highest BCUT2D eigenvalue weighted by molar-refractivity contribution is 7.12. The Bertz CT molecular complexity index is 821. The molecule has 6 nitrogen and oxygen atoms in total. The summed E-state index contributed by atoms with van der Waals surface area (Å²) in [5.74, 6) is -0.253. The molecule has 0 unspecified atom stereocenters. The Labute approximate surface area is 130 Å². The molecule has 0 aliphatic heterocycles. The van der Waals surface area contributed by atoms with Gasteiger partial charge in [0.1, 0.15) is 5.75 Å². The predicted molar refractivity (Wildman–Crippen MR) is 82.9 cm³/mol. The lowest BCUT2D eigenvalue weighted by atomic mass is 10.2. The Balaban J connectivity index is 1.98. The summed E-state index contributed by atoms with van der Waals surface area (Å²) in [6.07, 6.45) is 0. The molecule has 0 spiro atoms. The molecule has 0 atom stereocenters.